The molecule has 4 aromatic rings. The van der Waals surface area contributed by atoms with Gasteiger partial charge < -0.3 is 24.9 Å². The van der Waals surface area contributed by atoms with Crippen molar-refractivity contribution in [2.24, 2.45) is 5.92 Å². The lowest BCUT2D eigenvalue weighted by atomic mass is 9.97. The van der Waals surface area contributed by atoms with Crippen LogP contribution in [0, 0.1) is 5.92 Å². The van der Waals surface area contributed by atoms with Crippen LogP contribution in [-0.4, -0.2) is 57.6 Å². The van der Waals surface area contributed by atoms with Crippen LogP contribution >= 0.6 is 0 Å². The lowest BCUT2D eigenvalue weighted by Crippen LogP contribution is -2.43. The highest BCUT2D eigenvalue weighted by molar-refractivity contribution is 5.85. The maximum absolute atomic E-state index is 12.9. The van der Waals surface area contributed by atoms with Gasteiger partial charge in [-0.3, -0.25) is 4.79 Å². The molecule has 0 aliphatic carbocycles. The number of anilines is 1. The lowest BCUT2D eigenvalue weighted by molar-refractivity contribution is -0.125. The lowest BCUT2D eigenvalue weighted by Gasteiger charge is -2.32. The molecular weight excluding hydrogens is 394 g/mol. The van der Waals surface area contributed by atoms with Crippen LogP contribution in [-0.2, 0) is 11.2 Å². The normalized spacial score (nSPS) is 16.7. The van der Waals surface area contributed by atoms with Gasteiger partial charge in [-0.2, -0.15) is 0 Å². The van der Waals surface area contributed by atoms with Gasteiger partial charge in [-0.25, -0.2) is 15.0 Å². The van der Waals surface area contributed by atoms with Crippen LogP contribution in [0.1, 0.15) is 18.4 Å². The first-order valence-electron chi connectivity index (χ1n) is 10.5. The predicted octanol–water partition coefficient (Wildman–Crippen LogP) is 2.42. The molecule has 0 spiro atoms. The monoisotopic (exact) mass is 419 g/mol. The summed E-state index contributed by atoms with van der Waals surface area (Å²) in [6.45, 7) is 2.10. The second kappa shape index (κ2) is 8.25. The Hall–Kier alpha value is -3.62. The Morgan fingerprint density at radius 3 is 3.13 bits per heavy atom. The molecule has 1 unspecified atom stereocenters. The van der Waals surface area contributed by atoms with Crippen LogP contribution < -0.4 is 15.0 Å². The number of rotatable bonds is 6. The first-order valence-corrected chi connectivity index (χ1v) is 10.5. The number of aromatic nitrogens is 5. The van der Waals surface area contributed by atoms with Gasteiger partial charge in [0.1, 0.15) is 17.6 Å². The van der Waals surface area contributed by atoms with Crippen LogP contribution in [0.2, 0.25) is 0 Å². The molecule has 1 amide bonds. The highest BCUT2D eigenvalue weighted by Gasteiger charge is 2.27. The fourth-order valence-electron chi connectivity index (χ4n) is 4.33. The summed E-state index contributed by atoms with van der Waals surface area (Å²) in [6, 6.07) is 5.98. The van der Waals surface area contributed by atoms with E-state index in [1.54, 1.807) is 13.4 Å². The standard InChI is InChI=1S/C22H25N7O2/c1-31-16-4-5-18-17(9-16)14(10-24-18)6-7-23-22(30)15-3-2-8-29(11-15)21-19-20(26-12-25-19)27-13-28-21/h4-5,9-10,12-13,15,24H,2-3,6-8,11H2,1H3,(H,23,30)(H,25,26,27,28). The quantitative estimate of drug-likeness (QED) is 0.443. The molecule has 1 saturated heterocycles. The third-order valence-corrected chi connectivity index (χ3v) is 5.96. The maximum Gasteiger partial charge on any atom is 0.224 e. The summed E-state index contributed by atoms with van der Waals surface area (Å²) >= 11 is 0. The first kappa shape index (κ1) is 19.3. The highest BCUT2D eigenvalue weighted by Crippen LogP contribution is 2.26. The second-order valence-corrected chi connectivity index (χ2v) is 7.85. The Labute approximate surface area is 179 Å². The first-order chi connectivity index (χ1) is 15.2. The largest absolute Gasteiger partial charge is 0.497 e. The topological polar surface area (TPSA) is 112 Å². The molecule has 9 heteroatoms. The number of hydrogen-bond donors (Lipinski definition) is 3. The maximum atomic E-state index is 12.9. The summed E-state index contributed by atoms with van der Waals surface area (Å²) in [4.78, 5) is 34.2. The minimum atomic E-state index is -0.0650. The summed E-state index contributed by atoms with van der Waals surface area (Å²) in [5, 5.41) is 4.25. The van der Waals surface area contributed by atoms with Gasteiger partial charge in [-0.1, -0.05) is 0 Å². The number of nitrogens with one attached hydrogen (secondary N) is 3. The number of hydrogen-bond acceptors (Lipinski definition) is 6. The molecule has 160 valence electrons. The van der Waals surface area contributed by atoms with Gasteiger partial charge >= 0.3 is 0 Å². The van der Waals surface area contributed by atoms with Crippen molar-refractivity contribution in [2.45, 2.75) is 19.3 Å². The van der Waals surface area contributed by atoms with Crippen LogP contribution in [0.3, 0.4) is 0 Å². The molecule has 0 bridgehead atoms. The minimum Gasteiger partial charge on any atom is -0.497 e. The van der Waals surface area contributed by atoms with Gasteiger partial charge in [-0.05, 0) is 43.0 Å². The molecule has 1 aliphatic heterocycles. The SMILES string of the molecule is COc1ccc2[nH]cc(CCNC(=O)C3CCCN(c4ncnc5nc[nH]c45)C3)c2c1. The Morgan fingerprint density at radius 1 is 1.29 bits per heavy atom. The summed E-state index contributed by atoms with van der Waals surface area (Å²) in [7, 11) is 1.67. The number of nitrogens with zero attached hydrogens (tertiary/aromatic N) is 4. The molecule has 1 aliphatic rings. The average Bonchev–Trinajstić information content (AvgIpc) is 3.45. The number of imidazole rings is 1. The van der Waals surface area contributed by atoms with E-state index in [4.69, 9.17) is 4.74 Å². The van der Waals surface area contributed by atoms with Crippen LogP contribution in [0.5, 0.6) is 5.75 Å². The Bertz CT molecular complexity index is 1220. The zero-order chi connectivity index (χ0) is 21.2. The molecule has 3 aromatic heterocycles. The second-order valence-electron chi connectivity index (χ2n) is 7.85. The summed E-state index contributed by atoms with van der Waals surface area (Å²) < 4.78 is 5.33. The van der Waals surface area contributed by atoms with Crippen LogP contribution in [0.4, 0.5) is 5.82 Å². The number of benzene rings is 1. The molecule has 1 aromatic carbocycles. The van der Waals surface area contributed by atoms with Gasteiger partial charge in [0.25, 0.3) is 0 Å². The number of amides is 1. The minimum absolute atomic E-state index is 0.0650. The molecule has 31 heavy (non-hydrogen) atoms. The molecule has 0 saturated carbocycles. The number of carbonyl (C=O) groups excluding carboxylic acids is 1. The molecule has 9 nitrogen and oxygen atoms in total. The van der Waals surface area contributed by atoms with Crippen molar-refractivity contribution in [3.8, 4) is 5.75 Å². The number of methoxy groups -OCH3 is 1. The van der Waals surface area contributed by atoms with E-state index in [9.17, 15) is 4.79 Å². The number of carbonyl (C=O) groups is 1. The van der Waals surface area contributed by atoms with E-state index in [0.717, 1.165) is 53.8 Å². The van der Waals surface area contributed by atoms with E-state index in [1.165, 1.54) is 11.9 Å². The van der Waals surface area contributed by atoms with Crippen molar-refractivity contribution in [3.05, 3.63) is 42.6 Å². The van der Waals surface area contributed by atoms with Crippen molar-refractivity contribution in [1.29, 1.82) is 0 Å². The molecule has 5 rings (SSSR count). The molecule has 0 radical (unpaired) electrons. The van der Waals surface area contributed by atoms with Gasteiger partial charge in [0, 0.05) is 36.7 Å². The Morgan fingerprint density at radius 2 is 2.23 bits per heavy atom. The zero-order valence-corrected chi connectivity index (χ0v) is 17.4. The number of piperidine rings is 1. The third-order valence-electron chi connectivity index (χ3n) is 5.96. The fraction of sp³-hybridized carbons (Fsp3) is 0.364. The van der Waals surface area contributed by atoms with Gasteiger partial charge in [0.15, 0.2) is 11.5 Å². The van der Waals surface area contributed by atoms with Gasteiger partial charge in [0.05, 0.1) is 19.4 Å². The van der Waals surface area contributed by atoms with E-state index in [-0.39, 0.29) is 11.8 Å². The van der Waals surface area contributed by atoms with Crippen molar-refractivity contribution >= 4 is 33.8 Å². The van der Waals surface area contributed by atoms with Crippen LogP contribution in [0.15, 0.2) is 37.1 Å². The van der Waals surface area contributed by atoms with Crippen molar-refractivity contribution in [3.63, 3.8) is 0 Å². The molecule has 4 heterocycles. The highest BCUT2D eigenvalue weighted by atomic mass is 16.5. The number of aromatic amines is 2. The summed E-state index contributed by atoms with van der Waals surface area (Å²) in [6.07, 6.45) is 7.73. The van der Waals surface area contributed by atoms with Crippen molar-refractivity contribution in [1.82, 2.24) is 30.2 Å². The predicted molar refractivity (Wildman–Crippen MR) is 118 cm³/mol. The third kappa shape index (κ3) is 3.78. The van der Waals surface area contributed by atoms with Crippen molar-refractivity contribution < 1.29 is 9.53 Å². The van der Waals surface area contributed by atoms with E-state index in [2.05, 4.69) is 35.1 Å². The average molecular weight is 419 g/mol. The summed E-state index contributed by atoms with van der Waals surface area (Å²) in [5.41, 5.74) is 3.70. The molecule has 3 N–H and O–H groups in total. The van der Waals surface area contributed by atoms with Gasteiger partial charge in [0.2, 0.25) is 5.91 Å². The van der Waals surface area contributed by atoms with Crippen molar-refractivity contribution in [2.75, 3.05) is 31.6 Å². The number of H-pyrrole nitrogens is 2. The number of ether oxygens (including phenoxy) is 1. The van der Waals surface area contributed by atoms with Gasteiger partial charge in [-0.15, -0.1) is 0 Å². The van der Waals surface area contributed by atoms with E-state index < -0.39 is 0 Å². The Balaban J connectivity index is 1.21. The fourth-order valence-corrected chi connectivity index (χ4v) is 4.33. The molecule has 1 fully saturated rings. The van der Waals surface area contributed by atoms with E-state index >= 15 is 0 Å². The van der Waals surface area contributed by atoms with E-state index in [0.29, 0.717) is 18.7 Å². The van der Waals surface area contributed by atoms with E-state index in [1.807, 2.05) is 24.4 Å². The van der Waals surface area contributed by atoms with Crippen LogP contribution in [0.25, 0.3) is 22.1 Å². The molecule has 1 atom stereocenters. The zero-order valence-electron chi connectivity index (χ0n) is 17.4. The Kier molecular flexibility index (Phi) is 5.15. The smallest absolute Gasteiger partial charge is 0.224 e. The molecular formula is C22H25N7O2. The number of fused-ring (bicyclic) bond motifs is 2. The summed E-state index contributed by atoms with van der Waals surface area (Å²) in [5.74, 6) is 1.67.